The molecule has 0 saturated carbocycles. The van der Waals surface area contributed by atoms with Gasteiger partial charge in [-0.05, 0) is 17.7 Å². The fraction of sp³-hybridized carbons (Fsp3) is 0.357. The van der Waals surface area contributed by atoms with Crippen LogP contribution in [0.15, 0.2) is 24.4 Å². The summed E-state index contributed by atoms with van der Waals surface area (Å²) in [4.78, 5) is 3.99. The van der Waals surface area contributed by atoms with Gasteiger partial charge in [-0.15, -0.1) is 13.2 Å². The third kappa shape index (κ3) is 3.88. The number of benzene rings is 1. The molecule has 10 heteroatoms. The lowest BCUT2D eigenvalue weighted by molar-refractivity contribution is -0.275. The van der Waals surface area contributed by atoms with Crippen molar-refractivity contribution in [2.75, 3.05) is 12.3 Å². The van der Waals surface area contributed by atoms with Crippen molar-refractivity contribution >= 4 is 5.82 Å². The van der Waals surface area contributed by atoms with Gasteiger partial charge in [0.1, 0.15) is 12.4 Å². The number of anilines is 1. The molecule has 3 N–H and O–H groups in total. The van der Waals surface area contributed by atoms with Crippen molar-refractivity contribution in [1.82, 2.24) is 14.9 Å². The number of aromatic nitrogens is 2. The molecule has 0 amide bonds. The maximum absolute atomic E-state index is 13.6. The summed E-state index contributed by atoms with van der Waals surface area (Å²) in [5, 5.41) is 3.14. The topological polar surface area (TPSA) is 74.3 Å². The van der Waals surface area contributed by atoms with E-state index in [4.69, 9.17) is 10.5 Å². The zero-order valence-electron chi connectivity index (χ0n) is 12.3. The molecule has 130 valence electrons. The summed E-state index contributed by atoms with van der Waals surface area (Å²) in [5.74, 6) is -1.57. The van der Waals surface area contributed by atoms with Gasteiger partial charge in [0, 0.05) is 13.1 Å². The molecule has 0 unspecified atom stereocenters. The van der Waals surface area contributed by atoms with Gasteiger partial charge in [0.15, 0.2) is 11.6 Å². The smallest absolute Gasteiger partial charge is 0.463 e. The van der Waals surface area contributed by atoms with Crippen LogP contribution < -0.4 is 20.5 Å². The van der Waals surface area contributed by atoms with Crippen LogP contribution in [0.1, 0.15) is 5.56 Å². The van der Waals surface area contributed by atoms with E-state index >= 15 is 0 Å². The Morgan fingerprint density at radius 3 is 2.92 bits per heavy atom. The maximum Gasteiger partial charge on any atom is 0.573 e. The summed E-state index contributed by atoms with van der Waals surface area (Å²) in [6, 6.07) is 3.68. The number of nitrogens with zero attached hydrogens (tertiary/aromatic N) is 2. The van der Waals surface area contributed by atoms with Gasteiger partial charge in [-0.3, -0.25) is 4.57 Å². The molecule has 0 saturated heterocycles. The highest BCUT2D eigenvalue weighted by atomic mass is 19.4. The number of nitrogens with one attached hydrogen (secondary N) is 1. The molecule has 24 heavy (non-hydrogen) atoms. The Balaban J connectivity index is 1.58. The Hall–Kier alpha value is -2.49. The van der Waals surface area contributed by atoms with Gasteiger partial charge in [-0.2, -0.15) is 4.98 Å². The zero-order valence-corrected chi connectivity index (χ0v) is 12.3. The Bertz CT molecular complexity index is 732. The molecule has 0 aliphatic carbocycles. The molecule has 2 heterocycles. The summed E-state index contributed by atoms with van der Waals surface area (Å²) in [6.07, 6.45) is -3.28. The minimum absolute atomic E-state index is 0.0692. The van der Waals surface area contributed by atoms with E-state index in [1.807, 2.05) is 0 Å². The number of fused-ring (bicyclic) bond motifs is 1. The standard InChI is InChI=1S/C14H14F4N4O2/c15-10-3-8(1-2-11(10)24-14(16,17)18)4-20-9-5-22-6-12(19)21-13(22)23-7-9/h1-3,6,9,20H,4-5,7,19H2/t9-/m0/s1. The molecule has 0 radical (unpaired) electrons. The quantitative estimate of drug-likeness (QED) is 0.829. The van der Waals surface area contributed by atoms with Crippen molar-refractivity contribution in [2.24, 2.45) is 0 Å². The summed E-state index contributed by atoms with van der Waals surface area (Å²) in [6.45, 7) is 1.18. The van der Waals surface area contributed by atoms with Crippen LogP contribution in [0.2, 0.25) is 0 Å². The van der Waals surface area contributed by atoms with E-state index in [0.29, 0.717) is 30.5 Å². The predicted molar refractivity (Wildman–Crippen MR) is 75.8 cm³/mol. The predicted octanol–water partition coefficient (Wildman–Crippen LogP) is 2.05. The van der Waals surface area contributed by atoms with Crippen LogP contribution in [0.5, 0.6) is 11.8 Å². The van der Waals surface area contributed by atoms with Crippen LogP contribution in [0.3, 0.4) is 0 Å². The van der Waals surface area contributed by atoms with E-state index in [2.05, 4.69) is 15.0 Å². The maximum atomic E-state index is 13.6. The lowest BCUT2D eigenvalue weighted by Gasteiger charge is -2.25. The molecule has 6 nitrogen and oxygen atoms in total. The number of rotatable bonds is 4. The minimum Gasteiger partial charge on any atom is -0.463 e. The van der Waals surface area contributed by atoms with Gasteiger partial charge in [-0.25, -0.2) is 4.39 Å². The van der Waals surface area contributed by atoms with Crippen molar-refractivity contribution in [3.05, 3.63) is 35.8 Å². The average molecular weight is 346 g/mol. The zero-order chi connectivity index (χ0) is 17.3. The first-order valence-electron chi connectivity index (χ1n) is 7.03. The average Bonchev–Trinajstić information content (AvgIpc) is 2.85. The number of halogens is 4. The molecule has 1 aliphatic rings. The van der Waals surface area contributed by atoms with Crippen LogP contribution >= 0.6 is 0 Å². The lowest BCUT2D eigenvalue weighted by atomic mass is 10.2. The first-order valence-corrected chi connectivity index (χ1v) is 7.03. The first kappa shape index (κ1) is 16.4. The van der Waals surface area contributed by atoms with Crippen molar-refractivity contribution in [1.29, 1.82) is 0 Å². The van der Waals surface area contributed by atoms with E-state index in [9.17, 15) is 17.6 Å². The molecular formula is C14H14F4N4O2. The Labute approximate surface area is 134 Å². The summed E-state index contributed by atoms with van der Waals surface area (Å²) >= 11 is 0. The largest absolute Gasteiger partial charge is 0.573 e. The lowest BCUT2D eigenvalue weighted by Crippen LogP contribution is -2.41. The Morgan fingerprint density at radius 2 is 2.21 bits per heavy atom. The molecule has 1 atom stereocenters. The van der Waals surface area contributed by atoms with Crippen LogP contribution in [-0.2, 0) is 13.1 Å². The Kier molecular flexibility index (Phi) is 4.22. The molecule has 0 spiro atoms. The van der Waals surface area contributed by atoms with Crippen LogP contribution in [-0.4, -0.2) is 28.6 Å². The van der Waals surface area contributed by atoms with E-state index in [1.165, 1.54) is 6.07 Å². The van der Waals surface area contributed by atoms with Gasteiger partial charge in [0.25, 0.3) is 6.01 Å². The van der Waals surface area contributed by atoms with Crippen LogP contribution in [0.4, 0.5) is 23.4 Å². The third-order valence-electron chi connectivity index (χ3n) is 3.41. The van der Waals surface area contributed by atoms with Crippen molar-refractivity contribution < 1.29 is 27.0 Å². The molecule has 1 aromatic carbocycles. The van der Waals surface area contributed by atoms with Crippen molar-refractivity contribution in [3.8, 4) is 11.8 Å². The second-order valence-corrected chi connectivity index (χ2v) is 5.30. The fourth-order valence-corrected chi connectivity index (χ4v) is 2.38. The molecule has 3 rings (SSSR count). The molecule has 1 aromatic heterocycles. The SMILES string of the molecule is Nc1cn2c(n1)OC[C@@H](NCc1ccc(OC(F)(F)F)c(F)c1)C2. The number of imidazole rings is 1. The van der Waals surface area contributed by atoms with E-state index in [1.54, 1.807) is 10.8 Å². The highest BCUT2D eigenvalue weighted by molar-refractivity contribution is 5.30. The monoisotopic (exact) mass is 346 g/mol. The van der Waals surface area contributed by atoms with E-state index < -0.39 is 17.9 Å². The van der Waals surface area contributed by atoms with E-state index in [-0.39, 0.29) is 12.6 Å². The van der Waals surface area contributed by atoms with Crippen LogP contribution in [0.25, 0.3) is 0 Å². The summed E-state index contributed by atoms with van der Waals surface area (Å²) in [7, 11) is 0. The first-order chi connectivity index (χ1) is 11.3. The molecular weight excluding hydrogens is 332 g/mol. The Morgan fingerprint density at radius 1 is 1.42 bits per heavy atom. The number of ether oxygens (including phenoxy) is 2. The van der Waals surface area contributed by atoms with Crippen LogP contribution in [0, 0.1) is 5.82 Å². The van der Waals surface area contributed by atoms with Gasteiger partial charge < -0.3 is 20.5 Å². The highest BCUT2D eigenvalue weighted by Gasteiger charge is 2.32. The molecule has 0 bridgehead atoms. The molecule has 2 aromatic rings. The summed E-state index contributed by atoms with van der Waals surface area (Å²) in [5.41, 5.74) is 6.06. The van der Waals surface area contributed by atoms with Crippen molar-refractivity contribution in [2.45, 2.75) is 25.5 Å². The second kappa shape index (κ2) is 6.19. The normalized spacial score (nSPS) is 17.2. The number of alkyl halides is 3. The second-order valence-electron chi connectivity index (χ2n) is 5.30. The minimum atomic E-state index is -4.93. The van der Waals surface area contributed by atoms with Crippen molar-refractivity contribution in [3.63, 3.8) is 0 Å². The fourth-order valence-electron chi connectivity index (χ4n) is 2.38. The van der Waals surface area contributed by atoms with Gasteiger partial charge >= 0.3 is 6.36 Å². The summed E-state index contributed by atoms with van der Waals surface area (Å²) < 4.78 is 60.7. The number of nitrogen functional groups attached to an aromatic ring is 1. The molecule has 1 aliphatic heterocycles. The van der Waals surface area contributed by atoms with Gasteiger partial charge in [0.05, 0.1) is 12.2 Å². The number of nitrogens with two attached hydrogens (primary N) is 1. The van der Waals surface area contributed by atoms with Gasteiger partial charge in [0.2, 0.25) is 0 Å². The number of hydrogen-bond donors (Lipinski definition) is 2. The number of hydrogen-bond acceptors (Lipinski definition) is 5. The third-order valence-corrected chi connectivity index (χ3v) is 3.41. The van der Waals surface area contributed by atoms with E-state index in [0.717, 1.165) is 12.1 Å². The molecule has 0 fully saturated rings. The van der Waals surface area contributed by atoms with Gasteiger partial charge in [-0.1, -0.05) is 6.07 Å². The highest BCUT2D eigenvalue weighted by Crippen LogP contribution is 2.26.